The first-order valence-electron chi connectivity index (χ1n) is 10.2. The van der Waals surface area contributed by atoms with Crippen LogP contribution in [-0.4, -0.2) is 41.8 Å². The SMILES string of the molecule is O=C(NCc1ccccc1)[C@H]1CCCN1C(=O)c1ccc(N2CCCC2=O)cc1. The lowest BCUT2D eigenvalue weighted by Gasteiger charge is -2.24. The lowest BCUT2D eigenvalue weighted by molar-refractivity contribution is -0.125. The van der Waals surface area contributed by atoms with Gasteiger partial charge in [0.05, 0.1) is 0 Å². The minimum atomic E-state index is -0.439. The molecule has 0 unspecified atom stereocenters. The van der Waals surface area contributed by atoms with E-state index in [1.807, 2.05) is 42.5 Å². The van der Waals surface area contributed by atoms with Crippen LogP contribution in [0.3, 0.4) is 0 Å². The van der Waals surface area contributed by atoms with Crippen LogP contribution in [0.25, 0.3) is 0 Å². The van der Waals surface area contributed by atoms with E-state index in [2.05, 4.69) is 5.32 Å². The maximum absolute atomic E-state index is 13.0. The summed E-state index contributed by atoms with van der Waals surface area (Å²) in [4.78, 5) is 41.0. The van der Waals surface area contributed by atoms with Crippen molar-refractivity contribution in [3.05, 3.63) is 65.7 Å². The van der Waals surface area contributed by atoms with Crippen molar-refractivity contribution in [2.75, 3.05) is 18.0 Å². The molecule has 0 aromatic heterocycles. The molecule has 2 fully saturated rings. The molecule has 0 spiro atoms. The normalized spacial score (nSPS) is 18.9. The van der Waals surface area contributed by atoms with E-state index in [9.17, 15) is 14.4 Å². The van der Waals surface area contributed by atoms with Crippen LogP contribution >= 0.6 is 0 Å². The minimum Gasteiger partial charge on any atom is -0.350 e. The molecule has 2 aromatic rings. The molecule has 2 aromatic carbocycles. The first kappa shape index (κ1) is 19.2. The Bertz CT molecular complexity index is 895. The number of anilines is 1. The highest BCUT2D eigenvalue weighted by Crippen LogP contribution is 2.24. The standard InChI is InChI=1S/C23H25N3O3/c27-21-9-5-14-25(21)19-12-10-18(11-13-19)23(29)26-15-4-8-20(26)22(28)24-16-17-6-2-1-3-7-17/h1-3,6-7,10-13,20H,4-5,8-9,14-16H2,(H,24,28)/t20-/m1/s1. The predicted octanol–water partition coefficient (Wildman–Crippen LogP) is 2.73. The van der Waals surface area contributed by atoms with Crippen molar-refractivity contribution in [3.8, 4) is 0 Å². The van der Waals surface area contributed by atoms with Crippen molar-refractivity contribution in [2.45, 2.75) is 38.3 Å². The van der Waals surface area contributed by atoms with E-state index in [-0.39, 0.29) is 17.7 Å². The van der Waals surface area contributed by atoms with Crippen LogP contribution in [0.4, 0.5) is 5.69 Å². The highest BCUT2D eigenvalue weighted by atomic mass is 16.2. The van der Waals surface area contributed by atoms with Crippen LogP contribution in [0.15, 0.2) is 54.6 Å². The number of carbonyl (C=O) groups is 3. The molecule has 1 N–H and O–H groups in total. The van der Waals surface area contributed by atoms with Gasteiger partial charge in [-0.05, 0) is 49.1 Å². The molecule has 2 heterocycles. The average Bonchev–Trinajstić information content (AvgIpc) is 3.41. The Kier molecular flexibility index (Phi) is 5.60. The van der Waals surface area contributed by atoms with Gasteiger partial charge >= 0.3 is 0 Å². The summed E-state index contributed by atoms with van der Waals surface area (Å²) in [5.41, 5.74) is 2.40. The number of amides is 3. The number of rotatable bonds is 5. The fraction of sp³-hybridized carbons (Fsp3) is 0.348. The zero-order chi connectivity index (χ0) is 20.2. The molecule has 2 aliphatic rings. The van der Waals surface area contributed by atoms with Gasteiger partial charge in [0.25, 0.3) is 5.91 Å². The molecule has 6 heteroatoms. The van der Waals surface area contributed by atoms with Crippen LogP contribution in [0, 0.1) is 0 Å². The summed E-state index contributed by atoms with van der Waals surface area (Å²) in [5, 5.41) is 2.95. The molecule has 0 bridgehead atoms. The average molecular weight is 391 g/mol. The summed E-state index contributed by atoms with van der Waals surface area (Å²) >= 11 is 0. The summed E-state index contributed by atoms with van der Waals surface area (Å²) in [5.74, 6) is -0.126. The van der Waals surface area contributed by atoms with Gasteiger partial charge in [0.1, 0.15) is 6.04 Å². The summed E-state index contributed by atoms with van der Waals surface area (Å²) in [6.45, 7) is 1.76. The fourth-order valence-corrected chi connectivity index (χ4v) is 4.06. The Labute approximate surface area is 170 Å². The quantitative estimate of drug-likeness (QED) is 0.852. The molecule has 0 radical (unpaired) electrons. The zero-order valence-electron chi connectivity index (χ0n) is 16.3. The monoisotopic (exact) mass is 391 g/mol. The number of nitrogens with zero attached hydrogens (tertiary/aromatic N) is 2. The molecule has 0 aliphatic carbocycles. The van der Waals surface area contributed by atoms with E-state index < -0.39 is 6.04 Å². The van der Waals surface area contributed by atoms with Gasteiger partial charge in [-0.25, -0.2) is 0 Å². The van der Waals surface area contributed by atoms with Gasteiger partial charge in [-0.1, -0.05) is 30.3 Å². The third-order valence-corrected chi connectivity index (χ3v) is 5.63. The third kappa shape index (κ3) is 4.16. The molecular weight excluding hydrogens is 366 g/mol. The van der Waals surface area contributed by atoms with E-state index in [0.29, 0.717) is 31.5 Å². The van der Waals surface area contributed by atoms with E-state index in [0.717, 1.165) is 30.6 Å². The maximum Gasteiger partial charge on any atom is 0.254 e. The van der Waals surface area contributed by atoms with Gasteiger partial charge in [-0.2, -0.15) is 0 Å². The second-order valence-electron chi connectivity index (χ2n) is 7.56. The van der Waals surface area contributed by atoms with Crippen molar-refractivity contribution in [3.63, 3.8) is 0 Å². The molecule has 29 heavy (non-hydrogen) atoms. The Morgan fingerprint density at radius 2 is 1.72 bits per heavy atom. The van der Waals surface area contributed by atoms with Gasteiger partial charge in [0.2, 0.25) is 11.8 Å². The van der Waals surface area contributed by atoms with Crippen molar-refractivity contribution >= 4 is 23.4 Å². The van der Waals surface area contributed by atoms with Crippen LogP contribution in [-0.2, 0) is 16.1 Å². The second-order valence-corrected chi connectivity index (χ2v) is 7.56. The maximum atomic E-state index is 13.0. The topological polar surface area (TPSA) is 69.7 Å². The molecule has 150 valence electrons. The molecule has 4 rings (SSSR count). The number of likely N-dealkylation sites (tertiary alicyclic amines) is 1. The first-order valence-corrected chi connectivity index (χ1v) is 10.2. The molecular formula is C23H25N3O3. The highest BCUT2D eigenvalue weighted by Gasteiger charge is 2.34. The van der Waals surface area contributed by atoms with Crippen LogP contribution in [0.2, 0.25) is 0 Å². The Hall–Kier alpha value is -3.15. The van der Waals surface area contributed by atoms with Gasteiger partial charge < -0.3 is 15.1 Å². The third-order valence-electron chi connectivity index (χ3n) is 5.63. The molecule has 1 atom stereocenters. The van der Waals surface area contributed by atoms with E-state index in [4.69, 9.17) is 0 Å². The zero-order valence-corrected chi connectivity index (χ0v) is 16.3. The number of hydrogen-bond acceptors (Lipinski definition) is 3. The van der Waals surface area contributed by atoms with Gasteiger partial charge in [-0.15, -0.1) is 0 Å². The first-order chi connectivity index (χ1) is 14.1. The Balaban J connectivity index is 1.40. The highest BCUT2D eigenvalue weighted by molar-refractivity contribution is 5.99. The molecule has 0 saturated carbocycles. The van der Waals surface area contributed by atoms with E-state index in [1.54, 1.807) is 21.9 Å². The minimum absolute atomic E-state index is 0.112. The van der Waals surface area contributed by atoms with Crippen molar-refractivity contribution in [1.82, 2.24) is 10.2 Å². The Morgan fingerprint density at radius 3 is 2.41 bits per heavy atom. The number of carbonyl (C=O) groups excluding carboxylic acids is 3. The molecule has 2 saturated heterocycles. The van der Waals surface area contributed by atoms with Crippen molar-refractivity contribution in [1.29, 1.82) is 0 Å². The lowest BCUT2D eigenvalue weighted by Crippen LogP contribution is -2.45. The molecule has 2 aliphatic heterocycles. The Morgan fingerprint density at radius 1 is 0.966 bits per heavy atom. The van der Waals surface area contributed by atoms with Gasteiger partial charge in [-0.3, -0.25) is 14.4 Å². The lowest BCUT2D eigenvalue weighted by atomic mass is 10.1. The molecule has 6 nitrogen and oxygen atoms in total. The fourth-order valence-electron chi connectivity index (χ4n) is 4.06. The van der Waals surface area contributed by atoms with Crippen LogP contribution in [0.1, 0.15) is 41.6 Å². The van der Waals surface area contributed by atoms with Gasteiger partial charge in [0.15, 0.2) is 0 Å². The number of nitrogens with one attached hydrogen (secondary N) is 1. The van der Waals surface area contributed by atoms with E-state index >= 15 is 0 Å². The smallest absolute Gasteiger partial charge is 0.254 e. The largest absolute Gasteiger partial charge is 0.350 e. The number of hydrogen-bond donors (Lipinski definition) is 1. The van der Waals surface area contributed by atoms with Gasteiger partial charge in [0, 0.05) is 37.3 Å². The van der Waals surface area contributed by atoms with E-state index in [1.165, 1.54) is 0 Å². The summed E-state index contributed by atoms with van der Waals surface area (Å²) in [7, 11) is 0. The van der Waals surface area contributed by atoms with Crippen LogP contribution < -0.4 is 10.2 Å². The van der Waals surface area contributed by atoms with Crippen molar-refractivity contribution in [2.24, 2.45) is 0 Å². The molecule has 3 amide bonds. The summed E-state index contributed by atoms with van der Waals surface area (Å²) in [6, 6.07) is 16.4. The number of benzene rings is 2. The predicted molar refractivity (Wildman–Crippen MR) is 110 cm³/mol. The van der Waals surface area contributed by atoms with Crippen LogP contribution in [0.5, 0.6) is 0 Å². The summed E-state index contributed by atoms with van der Waals surface area (Å²) < 4.78 is 0. The second kappa shape index (κ2) is 8.47. The summed E-state index contributed by atoms with van der Waals surface area (Å²) in [6.07, 6.45) is 2.93. The van der Waals surface area contributed by atoms with Crippen molar-refractivity contribution < 1.29 is 14.4 Å².